The number of amides is 1. The molecule has 0 saturated carbocycles. The Hall–Kier alpha value is -3.47. The maximum atomic E-state index is 14.8. The largest absolute Gasteiger partial charge is 0.434 e. The van der Waals surface area contributed by atoms with Gasteiger partial charge in [0.25, 0.3) is 0 Å². The van der Waals surface area contributed by atoms with Crippen LogP contribution in [0.1, 0.15) is 30.4 Å². The third kappa shape index (κ3) is 6.16. The fourth-order valence-corrected chi connectivity index (χ4v) is 4.71. The number of carbonyl (C=O) groups is 1. The smallest absolute Gasteiger partial charge is 0.240 e. The number of hydrogen-bond donors (Lipinski definition) is 3. The van der Waals surface area contributed by atoms with Gasteiger partial charge in [0.1, 0.15) is 11.0 Å². The van der Waals surface area contributed by atoms with E-state index in [9.17, 15) is 14.3 Å². The number of carbonyl (C=O) groups excluding carboxylic acids is 1. The Morgan fingerprint density at radius 1 is 1.17 bits per heavy atom. The van der Waals surface area contributed by atoms with E-state index in [0.29, 0.717) is 15.9 Å². The van der Waals surface area contributed by atoms with E-state index < -0.39 is 11.9 Å². The van der Waals surface area contributed by atoms with E-state index in [2.05, 4.69) is 20.6 Å². The molecule has 35 heavy (non-hydrogen) atoms. The highest BCUT2D eigenvalue weighted by molar-refractivity contribution is 7.80. The fourth-order valence-electron chi connectivity index (χ4n) is 3.28. The summed E-state index contributed by atoms with van der Waals surface area (Å²) in [6, 6.07) is 15.3. The van der Waals surface area contributed by atoms with Crippen LogP contribution >= 0.6 is 23.6 Å². The minimum atomic E-state index is -0.640. The summed E-state index contributed by atoms with van der Waals surface area (Å²) < 4.78 is 21.2. The number of rotatable bonds is 7. The lowest BCUT2D eigenvalue weighted by molar-refractivity contribution is -0.119. The normalized spacial score (nSPS) is 11.9. The summed E-state index contributed by atoms with van der Waals surface area (Å²) in [5.74, 6) is -0.717. The molecule has 4 aromatic rings. The summed E-state index contributed by atoms with van der Waals surface area (Å²) in [6.07, 6.45) is 0.872. The Kier molecular flexibility index (Phi) is 7.64. The van der Waals surface area contributed by atoms with Gasteiger partial charge in [-0.15, -0.1) is 11.3 Å². The van der Waals surface area contributed by atoms with Crippen LogP contribution in [0.4, 0.5) is 10.1 Å². The van der Waals surface area contributed by atoms with E-state index >= 15 is 0 Å². The molecule has 0 radical (unpaired) electrons. The maximum absolute atomic E-state index is 14.8. The highest BCUT2D eigenvalue weighted by Crippen LogP contribution is 2.38. The second-order valence-electron chi connectivity index (χ2n) is 8.14. The topological polar surface area (TPSA) is 96.4 Å². The van der Waals surface area contributed by atoms with Crippen LogP contribution in [0.15, 0.2) is 60.9 Å². The van der Waals surface area contributed by atoms with Crippen LogP contribution < -0.4 is 15.4 Å². The molecule has 2 aromatic heterocycles. The SMILES string of the molecule is CC(C)C(O)c1cc2ncnc(Oc3ccc(NC(=S)NC(=O)Cc4ccccc4)cc3F)c2s1. The Morgan fingerprint density at radius 2 is 1.94 bits per heavy atom. The molecule has 2 heterocycles. The van der Waals surface area contributed by atoms with Crippen molar-refractivity contribution in [3.63, 3.8) is 0 Å². The molecular weight excluding hydrogens is 487 g/mol. The number of halogens is 1. The van der Waals surface area contributed by atoms with Crippen LogP contribution in [0.3, 0.4) is 0 Å². The summed E-state index contributed by atoms with van der Waals surface area (Å²) >= 11 is 6.48. The zero-order valence-electron chi connectivity index (χ0n) is 19.0. The van der Waals surface area contributed by atoms with Gasteiger partial charge >= 0.3 is 0 Å². The van der Waals surface area contributed by atoms with Crippen molar-refractivity contribution in [2.45, 2.75) is 26.4 Å². The van der Waals surface area contributed by atoms with Gasteiger partial charge in [0.15, 0.2) is 16.7 Å². The third-order valence-electron chi connectivity index (χ3n) is 5.08. The molecule has 1 unspecified atom stereocenters. The average Bonchev–Trinajstić information content (AvgIpc) is 3.26. The number of thiophene rings is 1. The molecule has 4 rings (SSSR count). The molecule has 0 fully saturated rings. The first-order valence-corrected chi connectivity index (χ1v) is 12.1. The van der Waals surface area contributed by atoms with Crippen LogP contribution in [-0.2, 0) is 11.2 Å². The maximum Gasteiger partial charge on any atom is 0.240 e. The number of nitrogens with zero attached hydrogens (tertiary/aromatic N) is 2. The molecule has 0 saturated heterocycles. The molecule has 10 heteroatoms. The number of aromatic nitrogens is 2. The lowest BCUT2D eigenvalue weighted by atomic mass is 10.1. The monoisotopic (exact) mass is 510 g/mol. The molecule has 180 valence electrons. The van der Waals surface area contributed by atoms with Gasteiger partial charge in [0.2, 0.25) is 11.8 Å². The van der Waals surface area contributed by atoms with Crippen molar-refractivity contribution in [2.75, 3.05) is 5.32 Å². The minimum absolute atomic E-state index is 0.0334. The van der Waals surface area contributed by atoms with Gasteiger partial charge in [-0.1, -0.05) is 44.2 Å². The van der Waals surface area contributed by atoms with Crippen LogP contribution in [0, 0.1) is 11.7 Å². The molecule has 2 aromatic carbocycles. The highest BCUT2D eigenvalue weighted by Gasteiger charge is 2.19. The second kappa shape index (κ2) is 10.9. The Balaban J connectivity index is 1.42. The molecule has 7 nitrogen and oxygen atoms in total. The van der Waals surface area contributed by atoms with Crippen LogP contribution in [0.5, 0.6) is 11.6 Å². The van der Waals surface area contributed by atoms with Crippen molar-refractivity contribution < 1.29 is 19.0 Å². The van der Waals surface area contributed by atoms with Crippen molar-refractivity contribution in [1.82, 2.24) is 15.3 Å². The average molecular weight is 511 g/mol. The van der Waals surface area contributed by atoms with E-state index in [0.717, 1.165) is 10.4 Å². The summed E-state index contributed by atoms with van der Waals surface area (Å²) in [5.41, 5.74) is 1.83. The van der Waals surface area contributed by atoms with E-state index in [1.807, 2.05) is 44.2 Å². The number of ether oxygens (including phenoxy) is 1. The molecule has 3 N–H and O–H groups in total. The molecule has 1 amide bonds. The second-order valence-corrected chi connectivity index (χ2v) is 9.63. The number of benzene rings is 2. The standard InChI is InChI=1S/C25H23FN4O3S2/c1-14(2)22(32)20-12-18-23(35-20)24(28-13-27-18)33-19-9-8-16(11-17(19)26)29-25(34)30-21(31)10-15-6-4-3-5-7-15/h3-9,11-14,22,32H,10H2,1-2H3,(H2,29,30,31,34). The van der Waals surface area contributed by atoms with Gasteiger partial charge < -0.3 is 20.5 Å². The Labute approximate surface area is 211 Å². The number of aliphatic hydroxyl groups excluding tert-OH is 1. The van der Waals surface area contributed by atoms with Crippen molar-refractivity contribution in [1.29, 1.82) is 0 Å². The molecule has 1 atom stereocenters. The third-order valence-corrected chi connectivity index (χ3v) is 6.46. The molecule has 0 bridgehead atoms. The fraction of sp³-hybridized carbons (Fsp3) is 0.200. The number of hydrogen-bond acceptors (Lipinski definition) is 7. The van der Waals surface area contributed by atoms with E-state index in [-0.39, 0.29) is 35.0 Å². The summed E-state index contributed by atoms with van der Waals surface area (Å²) in [4.78, 5) is 21.3. The van der Waals surface area contributed by atoms with Gasteiger partial charge in [-0.25, -0.2) is 14.4 Å². The van der Waals surface area contributed by atoms with Crippen LogP contribution in [0.25, 0.3) is 10.2 Å². The summed E-state index contributed by atoms with van der Waals surface area (Å²) in [7, 11) is 0. The Bertz CT molecular complexity index is 1360. The highest BCUT2D eigenvalue weighted by atomic mass is 32.1. The first kappa shape index (κ1) is 24.6. The van der Waals surface area contributed by atoms with Gasteiger partial charge in [0, 0.05) is 16.6 Å². The van der Waals surface area contributed by atoms with Crippen LogP contribution in [0.2, 0.25) is 0 Å². The summed E-state index contributed by atoms with van der Waals surface area (Å²) in [5, 5.41) is 15.8. The molecule has 0 aliphatic heterocycles. The van der Waals surface area contributed by atoms with E-state index in [4.69, 9.17) is 17.0 Å². The number of anilines is 1. The molecule has 0 aliphatic carbocycles. The van der Waals surface area contributed by atoms with Gasteiger partial charge in [-0.05, 0) is 41.9 Å². The van der Waals surface area contributed by atoms with E-state index in [1.54, 1.807) is 12.1 Å². The van der Waals surface area contributed by atoms with Gasteiger partial charge in [0.05, 0.1) is 18.0 Å². The van der Waals surface area contributed by atoms with Crippen molar-refractivity contribution in [3.05, 3.63) is 77.2 Å². The zero-order chi connectivity index (χ0) is 24.9. The minimum Gasteiger partial charge on any atom is -0.434 e. The number of thiocarbonyl (C=S) groups is 1. The van der Waals surface area contributed by atoms with Gasteiger partial charge in [-0.3, -0.25) is 4.79 Å². The van der Waals surface area contributed by atoms with Crippen molar-refractivity contribution in [3.8, 4) is 11.6 Å². The van der Waals surface area contributed by atoms with Crippen molar-refractivity contribution >= 4 is 50.5 Å². The van der Waals surface area contributed by atoms with Crippen molar-refractivity contribution in [2.24, 2.45) is 5.92 Å². The first-order valence-electron chi connectivity index (χ1n) is 10.8. The lowest BCUT2D eigenvalue weighted by Gasteiger charge is -2.12. The van der Waals surface area contributed by atoms with Crippen LogP contribution in [-0.4, -0.2) is 26.1 Å². The summed E-state index contributed by atoms with van der Waals surface area (Å²) in [6.45, 7) is 3.84. The zero-order valence-corrected chi connectivity index (χ0v) is 20.6. The molecule has 0 aliphatic rings. The van der Waals surface area contributed by atoms with E-state index in [1.165, 1.54) is 29.8 Å². The molecule has 0 spiro atoms. The first-order chi connectivity index (χ1) is 16.8. The molecular formula is C25H23FN4O3S2. The number of aliphatic hydroxyl groups is 1. The Morgan fingerprint density at radius 3 is 2.66 bits per heavy atom. The quantitative estimate of drug-likeness (QED) is 0.288. The predicted octanol–water partition coefficient (Wildman–Crippen LogP) is 5.37. The van der Waals surface area contributed by atoms with Gasteiger partial charge in [-0.2, -0.15) is 0 Å². The number of nitrogens with one attached hydrogen (secondary N) is 2. The predicted molar refractivity (Wildman–Crippen MR) is 138 cm³/mol. The lowest BCUT2D eigenvalue weighted by Crippen LogP contribution is -2.35. The number of fused-ring (bicyclic) bond motifs is 1.